The van der Waals surface area contributed by atoms with Gasteiger partial charge in [-0.25, -0.2) is 9.13 Å². The van der Waals surface area contributed by atoms with Gasteiger partial charge in [0.1, 0.15) is 19.3 Å². The van der Waals surface area contributed by atoms with Crippen molar-refractivity contribution in [1.29, 1.82) is 0 Å². The molecule has 0 aromatic carbocycles. The molecule has 0 aliphatic heterocycles. The monoisotopic (exact) mass is 1400 g/mol. The van der Waals surface area contributed by atoms with Gasteiger partial charge >= 0.3 is 39.5 Å². The summed E-state index contributed by atoms with van der Waals surface area (Å²) in [5.41, 5.74) is 0. The van der Waals surface area contributed by atoms with Crippen LogP contribution in [0.3, 0.4) is 0 Å². The average Bonchev–Trinajstić information content (AvgIpc) is 1.53. The lowest BCUT2D eigenvalue weighted by molar-refractivity contribution is -0.161. The molecule has 0 saturated heterocycles. The molecule has 564 valence electrons. The molecule has 0 fully saturated rings. The molecule has 0 aliphatic carbocycles. The highest BCUT2D eigenvalue weighted by Gasteiger charge is 2.30. The number of ether oxygens (including phenoxy) is 4. The first-order valence-corrected chi connectivity index (χ1v) is 42.5. The summed E-state index contributed by atoms with van der Waals surface area (Å²) in [6.45, 7) is 9.54. The highest BCUT2D eigenvalue weighted by Crippen LogP contribution is 2.45. The van der Waals surface area contributed by atoms with Crippen molar-refractivity contribution >= 4 is 39.5 Å². The van der Waals surface area contributed by atoms with E-state index in [2.05, 4.69) is 41.5 Å². The minimum absolute atomic E-state index is 0.105. The maximum Gasteiger partial charge on any atom is 0.472 e. The van der Waals surface area contributed by atoms with Crippen molar-refractivity contribution in [2.24, 2.45) is 11.8 Å². The average molecular weight is 1400 g/mol. The van der Waals surface area contributed by atoms with Crippen molar-refractivity contribution in [3.05, 3.63) is 0 Å². The van der Waals surface area contributed by atoms with Crippen LogP contribution >= 0.6 is 15.6 Å². The summed E-state index contributed by atoms with van der Waals surface area (Å²) in [6.07, 6.45) is 55.6. The molecule has 95 heavy (non-hydrogen) atoms. The van der Waals surface area contributed by atoms with Gasteiger partial charge in [0, 0.05) is 25.7 Å². The molecule has 0 spiro atoms. The number of phosphoric acid groups is 2. The fourth-order valence-corrected chi connectivity index (χ4v) is 13.2. The van der Waals surface area contributed by atoms with Crippen LogP contribution < -0.4 is 0 Å². The molecule has 0 radical (unpaired) electrons. The third-order valence-electron chi connectivity index (χ3n) is 17.7. The van der Waals surface area contributed by atoms with Gasteiger partial charge in [0.05, 0.1) is 26.4 Å². The molecule has 0 aliphatic rings. The fourth-order valence-electron chi connectivity index (χ4n) is 11.7. The zero-order chi connectivity index (χ0) is 70.0. The lowest BCUT2D eigenvalue weighted by Crippen LogP contribution is -2.30. The molecule has 0 aromatic rings. The van der Waals surface area contributed by atoms with Crippen LogP contribution in [-0.4, -0.2) is 96.7 Å². The van der Waals surface area contributed by atoms with Crippen molar-refractivity contribution in [1.82, 2.24) is 0 Å². The first-order chi connectivity index (χ1) is 45.9. The van der Waals surface area contributed by atoms with E-state index in [9.17, 15) is 43.2 Å². The number of phosphoric ester groups is 2. The molecular weight excluding hydrogens is 1250 g/mol. The molecule has 19 heteroatoms. The molecule has 2 unspecified atom stereocenters. The SMILES string of the molecule is CCCCCCCCCCCCCCCCCCCCCCCC(=O)O[C@H](COC(=O)CCCCCCCCCCCC(C)C)COP(=O)(O)OC[C@@H](O)COP(=O)(O)OC[C@@H](COC(=O)CCCCCCCCCCCC)OC(=O)CCCCCCCCCCCC(C)C. The Labute approximate surface area is 581 Å². The second-order valence-electron chi connectivity index (χ2n) is 28.3. The summed E-state index contributed by atoms with van der Waals surface area (Å²) >= 11 is 0. The normalized spacial score (nSPS) is 14.0. The number of carbonyl (C=O) groups is 4. The van der Waals surface area contributed by atoms with Crippen LogP contribution in [0.25, 0.3) is 0 Å². The van der Waals surface area contributed by atoms with Gasteiger partial charge in [0.2, 0.25) is 0 Å². The zero-order valence-electron chi connectivity index (χ0n) is 62.0. The van der Waals surface area contributed by atoms with Crippen LogP contribution in [0.1, 0.15) is 395 Å². The summed E-state index contributed by atoms with van der Waals surface area (Å²) in [5.74, 6) is -0.638. The van der Waals surface area contributed by atoms with Crippen LogP contribution in [0.5, 0.6) is 0 Å². The number of aliphatic hydroxyl groups is 1. The van der Waals surface area contributed by atoms with E-state index in [4.69, 9.17) is 37.0 Å². The molecule has 0 rings (SSSR count). The molecular formula is C76H148O17P2. The second-order valence-corrected chi connectivity index (χ2v) is 31.3. The lowest BCUT2D eigenvalue weighted by atomic mass is 10.0. The standard InChI is InChI=1S/C76H148O17P2/c1-7-9-11-13-15-17-19-20-21-22-23-24-25-26-27-28-29-35-42-48-54-60-75(80)92-71(65-87-74(79)59-53-47-41-36-30-32-38-44-50-56-68(3)4)66-90-94(82,83)88-62-70(77)63-89-95(84,85)91-67-72(64-86-73(78)58-52-46-40-34-18-16-14-12-10-8-2)93-76(81)61-55-49-43-37-31-33-39-45-51-57-69(5)6/h68-72,77H,7-67H2,1-6H3,(H,82,83)(H,84,85)/t70-,71-,72-/m1/s1. The fraction of sp³-hybridized carbons (Fsp3) is 0.947. The van der Waals surface area contributed by atoms with Crippen molar-refractivity contribution in [3.63, 3.8) is 0 Å². The molecule has 0 amide bonds. The Morgan fingerprint density at radius 3 is 0.716 bits per heavy atom. The van der Waals surface area contributed by atoms with Gasteiger partial charge in [-0.3, -0.25) is 37.3 Å². The van der Waals surface area contributed by atoms with Crippen LogP contribution in [0.15, 0.2) is 0 Å². The predicted octanol–water partition coefficient (Wildman–Crippen LogP) is 22.3. The number of aliphatic hydroxyl groups excluding tert-OH is 1. The Hall–Kier alpha value is -1.94. The van der Waals surface area contributed by atoms with Crippen LogP contribution in [0, 0.1) is 11.8 Å². The van der Waals surface area contributed by atoms with Crippen molar-refractivity contribution < 1.29 is 80.2 Å². The largest absolute Gasteiger partial charge is 0.472 e. The van der Waals surface area contributed by atoms with E-state index >= 15 is 0 Å². The number of hydrogen-bond acceptors (Lipinski definition) is 15. The van der Waals surface area contributed by atoms with Crippen LogP contribution in [0.4, 0.5) is 0 Å². The maximum absolute atomic E-state index is 13.1. The Balaban J connectivity index is 5.19. The minimum atomic E-state index is -4.96. The van der Waals surface area contributed by atoms with Gasteiger partial charge < -0.3 is 33.8 Å². The maximum atomic E-state index is 13.1. The molecule has 3 N–H and O–H groups in total. The van der Waals surface area contributed by atoms with Crippen molar-refractivity contribution in [3.8, 4) is 0 Å². The Morgan fingerprint density at radius 1 is 0.284 bits per heavy atom. The van der Waals surface area contributed by atoms with E-state index in [1.807, 2.05) is 0 Å². The quantitative estimate of drug-likeness (QED) is 0.0222. The minimum Gasteiger partial charge on any atom is -0.462 e. The highest BCUT2D eigenvalue weighted by atomic mass is 31.2. The van der Waals surface area contributed by atoms with Gasteiger partial charge in [-0.1, -0.05) is 343 Å². The topological polar surface area (TPSA) is 237 Å². The molecule has 0 bridgehead atoms. The Kier molecular flexibility index (Phi) is 66.5. The van der Waals surface area contributed by atoms with Gasteiger partial charge in [-0.2, -0.15) is 0 Å². The van der Waals surface area contributed by atoms with Gasteiger partial charge in [0.25, 0.3) is 0 Å². The third kappa shape index (κ3) is 70.3. The van der Waals surface area contributed by atoms with Gasteiger partial charge in [-0.05, 0) is 37.5 Å². The van der Waals surface area contributed by atoms with E-state index in [-0.39, 0.29) is 25.7 Å². The molecule has 17 nitrogen and oxygen atoms in total. The first-order valence-electron chi connectivity index (χ1n) is 39.5. The second kappa shape index (κ2) is 67.9. The van der Waals surface area contributed by atoms with Crippen LogP contribution in [0.2, 0.25) is 0 Å². The predicted molar refractivity (Wildman–Crippen MR) is 386 cm³/mol. The highest BCUT2D eigenvalue weighted by molar-refractivity contribution is 7.47. The van der Waals surface area contributed by atoms with E-state index in [1.165, 1.54) is 212 Å². The molecule has 0 heterocycles. The summed E-state index contributed by atoms with van der Waals surface area (Å²) in [6, 6.07) is 0. The number of esters is 4. The van der Waals surface area contributed by atoms with Crippen molar-refractivity contribution in [2.75, 3.05) is 39.6 Å². The zero-order valence-corrected chi connectivity index (χ0v) is 63.8. The smallest absolute Gasteiger partial charge is 0.462 e. The third-order valence-corrected chi connectivity index (χ3v) is 19.6. The van der Waals surface area contributed by atoms with Gasteiger partial charge in [0.15, 0.2) is 12.2 Å². The van der Waals surface area contributed by atoms with Crippen LogP contribution in [-0.2, 0) is 65.4 Å². The number of unbranched alkanes of at least 4 members (excludes halogenated alkanes) is 45. The van der Waals surface area contributed by atoms with Crippen molar-refractivity contribution in [2.45, 2.75) is 413 Å². The van der Waals surface area contributed by atoms with E-state index in [0.29, 0.717) is 25.7 Å². The summed E-state index contributed by atoms with van der Waals surface area (Å²) in [7, 11) is -9.91. The molecule has 5 atom stereocenters. The number of hydrogen-bond donors (Lipinski definition) is 3. The van der Waals surface area contributed by atoms with Gasteiger partial charge in [-0.15, -0.1) is 0 Å². The summed E-state index contributed by atoms with van der Waals surface area (Å²) < 4.78 is 68.5. The lowest BCUT2D eigenvalue weighted by Gasteiger charge is -2.21. The Bertz CT molecular complexity index is 1840. The first kappa shape index (κ1) is 93.1. The van der Waals surface area contributed by atoms with E-state index in [1.54, 1.807) is 0 Å². The van der Waals surface area contributed by atoms with E-state index < -0.39 is 97.5 Å². The Morgan fingerprint density at radius 2 is 0.484 bits per heavy atom. The molecule has 0 aromatic heterocycles. The van der Waals surface area contributed by atoms with E-state index in [0.717, 1.165) is 102 Å². The summed E-state index contributed by atoms with van der Waals surface area (Å²) in [4.78, 5) is 72.7. The summed E-state index contributed by atoms with van der Waals surface area (Å²) in [5, 5.41) is 10.6. The molecule has 0 saturated carbocycles. The number of rotatable bonds is 75. The number of carbonyl (C=O) groups excluding carboxylic acids is 4.